The van der Waals surface area contributed by atoms with Gasteiger partial charge in [0.2, 0.25) is 11.6 Å². The molecule has 3 aromatic rings. The molecule has 29 heavy (non-hydrogen) atoms. The van der Waals surface area contributed by atoms with E-state index < -0.39 is 52.1 Å². The Labute approximate surface area is 157 Å². The van der Waals surface area contributed by atoms with Crippen LogP contribution in [0.3, 0.4) is 0 Å². The number of ether oxygens (including phenoxy) is 1. The monoisotopic (exact) mass is 414 g/mol. The molecule has 0 aliphatic carbocycles. The molecular weight excluding hydrogens is 405 g/mol. The maximum absolute atomic E-state index is 12.5. The molecule has 0 saturated heterocycles. The molecule has 2 aromatic heterocycles. The molecule has 3 N–H and O–H groups in total. The summed E-state index contributed by atoms with van der Waals surface area (Å²) in [6, 6.07) is 2.27. The van der Waals surface area contributed by atoms with Crippen molar-refractivity contribution in [2.75, 3.05) is 0 Å². The number of hydrogen-bond donors (Lipinski definition) is 3. The zero-order chi connectivity index (χ0) is 21.3. The van der Waals surface area contributed by atoms with Crippen LogP contribution in [0, 0.1) is 10.1 Å². The Bertz CT molecular complexity index is 1080. The minimum atomic E-state index is -4.69. The van der Waals surface area contributed by atoms with Crippen molar-refractivity contribution < 1.29 is 42.7 Å². The quantitative estimate of drug-likeness (QED) is 0.321. The van der Waals surface area contributed by atoms with E-state index in [0.717, 1.165) is 12.1 Å². The Balaban J connectivity index is 1.77. The summed E-state index contributed by atoms with van der Waals surface area (Å²) in [5, 5.41) is 43.0. The number of nitro groups is 1. The van der Waals surface area contributed by atoms with E-state index in [4.69, 9.17) is 9.26 Å². The molecule has 0 fully saturated rings. The first kappa shape index (κ1) is 19.7. The number of phenols is 2. The second-order valence-electron chi connectivity index (χ2n) is 5.47. The first-order chi connectivity index (χ1) is 13.6. The number of phenolic OH excluding ortho intramolecular Hbond substituents is 2. The van der Waals surface area contributed by atoms with Crippen molar-refractivity contribution in [3.63, 3.8) is 0 Å². The lowest BCUT2D eigenvalue weighted by Crippen LogP contribution is -2.06. The summed E-state index contributed by atoms with van der Waals surface area (Å²) in [6.07, 6.45) is -4.22. The van der Waals surface area contributed by atoms with Crippen LogP contribution in [0.2, 0.25) is 0 Å². The number of benzene rings is 1. The fraction of sp³-hybridized carbons (Fsp3) is 0.133. The van der Waals surface area contributed by atoms with Crippen LogP contribution >= 0.6 is 0 Å². The van der Waals surface area contributed by atoms with Crippen LogP contribution in [-0.4, -0.2) is 35.4 Å². The molecule has 11 nitrogen and oxygen atoms in total. The molecule has 0 aliphatic heterocycles. The minimum absolute atomic E-state index is 0.0822. The number of halogens is 3. The van der Waals surface area contributed by atoms with Gasteiger partial charge in [-0.15, -0.1) is 0 Å². The van der Waals surface area contributed by atoms with Crippen molar-refractivity contribution in [3.8, 4) is 34.6 Å². The Morgan fingerprint density at radius 1 is 1.17 bits per heavy atom. The highest BCUT2D eigenvalue weighted by atomic mass is 19.4. The van der Waals surface area contributed by atoms with Gasteiger partial charge < -0.3 is 24.6 Å². The predicted octanol–water partition coefficient (Wildman–Crippen LogP) is 2.75. The highest BCUT2D eigenvalue weighted by Crippen LogP contribution is 2.39. The maximum atomic E-state index is 12.5. The van der Waals surface area contributed by atoms with Gasteiger partial charge in [0, 0.05) is 12.3 Å². The highest BCUT2D eigenvalue weighted by molar-refractivity contribution is 5.67. The van der Waals surface area contributed by atoms with E-state index in [2.05, 4.69) is 15.1 Å². The molecule has 3 rings (SSSR count). The van der Waals surface area contributed by atoms with E-state index in [-0.39, 0.29) is 17.3 Å². The lowest BCUT2D eigenvalue weighted by molar-refractivity contribution is -0.385. The molecule has 0 amide bonds. The van der Waals surface area contributed by atoms with Gasteiger partial charge >= 0.3 is 11.9 Å². The van der Waals surface area contributed by atoms with Gasteiger partial charge in [-0.3, -0.25) is 10.1 Å². The standard InChI is InChI=1S/C15H9F3N4O7/c16-15(17,18)7-3-10(24)14(19-4-7)28-5-11-20-13(29-21-11)6-1-8(22(26)27)12(25)9(23)2-6/h1-4,23-25H,5H2. The summed E-state index contributed by atoms with van der Waals surface area (Å²) >= 11 is 0. The van der Waals surface area contributed by atoms with E-state index in [1.165, 1.54) is 0 Å². The van der Waals surface area contributed by atoms with Crippen LogP contribution < -0.4 is 4.74 Å². The molecule has 0 aliphatic rings. The van der Waals surface area contributed by atoms with Gasteiger partial charge in [0.25, 0.3) is 11.8 Å². The van der Waals surface area contributed by atoms with Crippen LogP contribution in [0.25, 0.3) is 11.5 Å². The largest absolute Gasteiger partial charge is 0.504 e. The molecule has 0 atom stereocenters. The van der Waals surface area contributed by atoms with E-state index >= 15 is 0 Å². The van der Waals surface area contributed by atoms with Crippen molar-refractivity contribution in [2.45, 2.75) is 12.8 Å². The number of nitro benzene ring substituents is 1. The summed E-state index contributed by atoms with van der Waals surface area (Å²) in [4.78, 5) is 17.2. The van der Waals surface area contributed by atoms with Crippen LogP contribution in [0.4, 0.5) is 18.9 Å². The number of nitrogens with zero attached hydrogens (tertiary/aromatic N) is 4. The highest BCUT2D eigenvalue weighted by Gasteiger charge is 2.32. The topological polar surface area (TPSA) is 165 Å². The second kappa shape index (κ2) is 7.14. The van der Waals surface area contributed by atoms with Gasteiger partial charge in [0.1, 0.15) is 0 Å². The average molecular weight is 414 g/mol. The molecule has 0 unspecified atom stereocenters. The summed E-state index contributed by atoms with van der Waals surface area (Å²) < 4.78 is 47.5. The SMILES string of the molecule is O=[N+]([O-])c1cc(-c2nc(COc3ncc(C(F)(F)F)cc3O)no2)cc(O)c1O. The molecule has 152 valence electrons. The summed E-state index contributed by atoms with van der Waals surface area (Å²) in [7, 11) is 0. The maximum Gasteiger partial charge on any atom is 0.418 e. The van der Waals surface area contributed by atoms with Gasteiger partial charge in [0.05, 0.1) is 16.1 Å². The second-order valence-corrected chi connectivity index (χ2v) is 5.47. The first-order valence-electron chi connectivity index (χ1n) is 7.48. The minimum Gasteiger partial charge on any atom is -0.504 e. The number of alkyl halides is 3. The van der Waals surface area contributed by atoms with E-state index in [1.54, 1.807) is 0 Å². The van der Waals surface area contributed by atoms with Crippen molar-refractivity contribution in [3.05, 3.63) is 45.9 Å². The molecule has 0 bridgehead atoms. The molecule has 0 spiro atoms. The van der Waals surface area contributed by atoms with Gasteiger partial charge in [-0.2, -0.15) is 18.2 Å². The van der Waals surface area contributed by atoms with Crippen molar-refractivity contribution >= 4 is 5.69 Å². The summed E-state index contributed by atoms with van der Waals surface area (Å²) in [5.74, 6) is -3.51. The van der Waals surface area contributed by atoms with Crippen molar-refractivity contribution in [2.24, 2.45) is 0 Å². The summed E-state index contributed by atoms with van der Waals surface area (Å²) in [6.45, 7) is -0.471. The number of aromatic nitrogens is 3. The van der Waals surface area contributed by atoms with Crippen molar-refractivity contribution in [1.82, 2.24) is 15.1 Å². The zero-order valence-corrected chi connectivity index (χ0v) is 13.9. The van der Waals surface area contributed by atoms with Crippen LogP contribution in [-0.2, 0) is 12.8 Å². The fourth-order valence-corrected chi connectivity index (χ4v) is 2.14. The van der Waals surface area contributed by atoms with Crippen LogP contribution in [0.15, 0.2) is 28.9 Å². The zero-order valence-electron chi connectivity index (χ0n) is 13.9. The van der Waals surface area contributed by atoms with Crippen LogP contribution in [0.5, 0.6) is 23.1 Å². The Hall–Kier alpha value is -4.10. The number of pyridine rings is 1. The Morgan fingerprint density at radius 3 is 2.52 bits per heavy atom. The average Bonchev–Trinajstić information content (AvgIpc) is 3.10. The van der Waals surface area contributed by atoms with E-state index in [1.807, 2.05) is 0 Å². The smallest absolute Gasteiger partial charge is 0.418 e. The fourth-order valence-electron chi connectivity index (χ4n) is 2.14. The normalized spacial score (nSPS) is 11.4. The van der Waals surface area contributed by atoms with Gasteiger partial charge in [-0.25, -0.2) is 4.98 Å². The lowest BCUT2D eigenvalue weighted by Gasteiger charge is -2.09. The molecule has 0 saturated carbocycles. The number of aromatic hydroxyl groups is 3. The summed E-state index contributed by atoms with van der Waals surface area (Å²) in [5.41, 5.74) is -2.05. The third-order valence-corrected chi connectivity index (χ3v) is 3.48. The molecule has 1 aromatic carbocycles. The predicted molar refractivity (Wildman–Crippen MR) is 85.0 cm³/mol. The third kappa shape index (κ3) is 4.10. The molecular formula is C15H9F3N4O7. The molecule has 0 radical (unpaired) electrons. The first-order valence-corrected chi connectivity index (χ1v) is 7.48. The van der Waals surface area contributed by atoms with E-state index in [9.17, 15) is 38.6 Å². The Morgan fingerprint density at radius 2 is 1.90 bits per heavy atom. The third-order valence-electron chi connectivity index (χ3n) is 3.48. The van der Waals surface area contributed by atoms with Gasteiger partial charge in [-0.05, 0) is 12.1 Å². The van der Waals surface area contributed by atoms with Crippen molar-refractivity contribution in [1.29, 1.82) is 0 Å². The van der Waals surface area contributed by atoms with Gasteiger partial charge in [0.15, 0.2) is 18.1 Å². The number of rotatable bonds is 5. The van der Waals surface area contributed by atoms with E-state index in [0.29, 0.717) is 12.3 Å². The number of hydrogen-bond acceptors (Lipinski definition) is 10. The Kier molecular flexibility index (Phi) is 4.84. The van der Waals surface area contributed by atoms with Gasteiger partial charge in [-0.1, -0.05) is 5.16 Å². The molecule has 2 heterocycles. The lowest BCUT2D eigenvalue weighted by atomic mass is 10.1. The molecule has 14 heteroatoms. The van der Waals surface area contributed by atoms with Crippen LogP contribution in [0.1, 0.15) is 11.4 Å².